The Morgan fingerprint density at radius 1 is 0.895 bits per heavy atom. The van der Waals surface area contributed by atoms with Crippen LogP contribution in [-0.4, -0.2) is 16.7 Å². The molecular weight excluding hydrogens is 234 g/mol. The van der Waals surface area contributed by atoms with E-state index < -0.39 is 0 Å². The molecule has 0 amide bonds. The molecule has 0 fully saturated rings. The second kappa shape index (κ2) is 5.06. The van der Waals surface area contributed by atoms with E-state index in [1.165, 1.54) is 10.8 Å². The van der Waals surface area contributed by atoms with Gasteiger partial charge in [-0.2, -0.15) is 0 Å². The number of fused-ring (bicyclic) bond motifs is 1. The fourth-order valence-corrected chi connectivity index (χ4v) is 2.11. The summed E-state index contributed by atoms with van der Waals surface area (Å²) in [6, 6.07) is 18.6. The summed E-state index contributed by atoms with van der Waals surface area (Å²) in [5, 5.41) is 14.0. The molecule has 0 aliphatic heterocycles. The molecular formula is C16H15N3. The number of benzene rings is 2. The van der Waals surface area contributed by atoms with Gasteiger partial charge < -0.3 is 5.32 Å². The van der Waals surface area contributed by atoms with Crippen molar-refractivity contribution in [3.8, 4) is 11.3 Å². The maximum atomic E-state index is 4.26. The molecule has 3 nitrogen and oxygen atoms in total. The summed E-state index contributed by atoms with van der Waals surface area (Å²) in [7, 11) is 0. The van der Waals surface area contributed by atoms with Crippen LogP contribution in [0.1, 0.15) is 6.92 Å². The van der Waals surface area contributed by atoms with Gasteiger partial charge in [0.15, 0.2) is 0 Å². The number of aromatic nitrogens is 2. The van der Waals surface area contributed by atoms with Crippen molar-refractivity contribution in [2.24, 2.45) is 0 Å². The summed E-state index contributed by atoms with van der Waals surface area (Å²) in [4.78, 5) is 0. The van der Waals surface area contributed by atoms with E-state index in [1.807, 2.05) is 31.2 Å². The van der Waals surface area contributed by atoms with Gasteiger partial charge in [0.1, 0.15) is 5.82 Å². The first-order valence-corrected chi connectivity index (χ1v) is 6.43. The quantitative estimate of drug-likeness (QED) is 0.768. The van der Waals surface area contributed by atoms with E-state index in [4.69, 9.17) is 0 Å². The Balaban J connectivity index is 1.99. The lowest BCUT2D eigenvalue weighted by Crippen LogP contribution is -2.00. The Labute approximate surface area is 112 Å². The number of anilines is 1. The van der Waals surface area contributed by atoms with Gasteiger partial charge in [0.05, 0.1) is 5.69 Å². The predicted molar refractivity (Wildman–Crippen MR) is 79.1 cm³/mol. The number of nitrogens with one attached hydrogen (secondary N) is 1. The lowest BCUT2D eigenvalue weighted by atomic mass is 10.1. The number of nitrogens with zero attached hydrogens (tertiary/aromatic N) is 2. The van der Waals surface area contributed by atoms with Crippen molar-refractivity contribution in [1.29, 1.82) is 0 Å². The highest BCUT2D eigenvalue weighted by Crippen LogP contribution is 2.22. The first-order valence-electron chi connectivity index (χ1n) is 6.43. The third-order valence-electron chi connectivity index (χ3n) is 3.07. The van der Waals surface area contributed by atoms with Crippen LogP contribution in [0, 0.1) is 0 Å². The Hall–Kier alpha value is -2.42. The van der Waals surface area contributed by atoms with E-state index in [0.29, 0.717) is 0 Å². The van der Waals surface area contributed by atoms with Gasteiger partial charge in [-0.1, -0.05) is 36.4 Å². The number of rotatable bonds is 3. The van der Waals surface area contributed by atoms with Crippen LogP contribution in [0.2, 0.25) is 0 Å². The molecule has 3 heteroatoms. The van der Waals surface area contributed by atoms with Crippen molar-refractivity contribution in [2.75, 3.05) is 11.9 Å². The molecule has 0 atom stereocenters. The van der Waals surface area contributed by atoms with Crippen LogP contribution in [0.4, 0.5) is 5.82 Å². The van der Waals surface area contributed by atoms with Crippen LogP contribution in [0.15, 0.2) is 54.6 Å². The second-order valence-corrected chi connectivity index (χ2v) is 4.40. The molecule has 0 bridgehead atoms. The van der Waals surface area contributed by atoms with Crippen molar-refractivity contribution in [3.05, 3.63) is 54.6 Å². The van der Waals surface area contributed by atoms with Crippen molar-refractivity contribution < 1.29 is 0 Å². The van der Waals surface area contributed by atoms with Gasteiger partial charge >= 0.3 is 0 Å². The highest BCUT2D eigenvalue weighted by molar-refractivity contribution is 5.86. The summed E-state index contributed by atoms with van der Waals surface area (Å²) < 4.78 is 0. The molecule has 1 N–H and O–H groups in total. The van der Waals surface area contributed by atoms with Crippen molar-refractivity contribution >= 4 is 16.6 Å². The van der Waals surface area contributed by atoms with Crippen molar-refractivity contribution in [1.82, 2.24) is 10.2 Å². The highest BCUT2D eigenvalue weighted by Gasteiger charge is 2.02. The van der Waals surface area contributed by atoms with Gasteiger partial charge in [-0.25, -0.2) is 0 Å². The molecule has 0 spiro atoms. The van der Waals surface area contributed by atoms with Crippen LogP contribution >= 0.6 is 0 Å². The van der Waals surface area contributed by atoms with Gasteiger partial charge in [0, 0.05) is 12.1 Å². The van der Waals surface area contributed by atoms with E-state index in [1.54, 1.807) is 0 Å². The highest BCUT2D eigenvalue weighted by atomic mass is 15.2. The van der Waals surface area contributed by atoms with Crippen molar-refractivity contribution in [3.63, 3.8) is 0 Å². The van der Waals surface area contributed by atoms with E-state index in [0.717, 1.165) is 23.6 Å². The van der Waals surface area contributed by atoms with Gasteiger partial charge in [0.2, 0.25) is 0 Å². The first-order chi connectivity index (χ1) is 9.36. The molecule has 2 aromatic carbocycles. The zero-order chi connectivity index (χ0) is 13.1. The lowest BCUT2D eigenvalue weighted by Gasteiger charge is -2.04. The maximum absolute atomic E-state index is 4.26. The van der Waals surface area contributed by atoms with Gasteiger partial charge in [-0.3, -0.25) is 0 Å². The summed E-state index contributed by atoms with van der Waals surface area (Å²) in [6.45, 7) is 2.89. The molecule has 0 aliphatic rings. The third-order valence-corrected chi connectivity index (χ3v) is 3.07. The fraction of sp³-hybridized carbons (Fsp3) is 0.125. The minimum atomic E-state index is 0.812. The van der Waals surface area contributed by atoms with E-state index >= 15 is 0 Å². The molecule has 3 rings (SSSR count). The van der Waals surface area contributed by atoms with Gasteiger partial charge in [0.25, 0.3) is 0 Å². The Kier molecular flexibility index (Phi) is 3.11. The molecule has 19 heavy (non-hydrogen) atoms. The Morgan fingerprint density at radius 2 is 1.74 bits per heavy atom. The molecule has 1 aromatic heterocycles. The lowest BCUT2D eigenvalue weighted by molar-refractivity contribution is 1.02. The van der Waals surface area contributed by atoms with Crippen LogP contribution in [0.25, 0.3) is 22.0 Å². The smallest absolute Gasteiger partial charge is 0.148 e. The third kappa shape index (κ3) is 2.40. The van der Waals surface area contributed by atoms with Gasteiger partial charge in [-0.15, -0.1) is 10.2 Å². The Morgan fingerprint density at radius 3 is 2.47 bits per heavy atom. The van der Waals surface area contributed by atoms with Crippen LogP contribution in [0.5, 0.6) is 0 Å². The normalized spacial score (nSPS) is 10.6. The predicted octanol–water partition coefficient (Wildman–Crippen LogP) is 3.73. The molecule has 0 aliphatic carbocycles. The largest absolute Gasteiger partial charge is 0.369 e. The summed E-state index contributed by atoms with van der Waals surface area (Å²) in [5.74, 6) is 0.812. The van der Waals surface area contributed by atoms with E-state index in [2.05, 4.69) is 45.8 Å². The zero-order valence-corrected chi connectivity index (χ0v) is 10.8. The van der Waals surface area contributed by atoms with Crippen molar-refractivity contribution in [2.45, 2.75) is 6.92 Å². The maximum Gasteiger partial charge on any atom is 0.148 e. The number of hydrogen-bond acceptors (Lipinski definition) is 3. The van der Waals surface area contributed by atoms with Gasteiger partial charge in [-0.05, 0) is 35.9 Å². The first kappa shape index (κ1) is 11.7. The van der Waals surface area contributed by atoms with Crippen LogP contribution in [-0.2, 0) is 0 Å². The zero-order valence-electron chi connectivity index (χ0n) is 10.8. The number of hydrogen-bond donors (Lipinski definition) is 1. The Bertz CT molecular complexity index is 690. The molecule has 0 radical (unpaired) electrons. The average molecular weight is 249 g/mol. The molecule has 0 unspecified atom stereocenters. The second-order valence-electron chi connectivity index (χ2n) is 4.40. The minimum absolute atomic E-state index is 0.812. The topological polar surface area (TPSA) is 37.8 Å². The summed E-state index contributed by atoms with van der Waals surface area (Å²) in [6.07, 6.45) is 0. The summed E-state index contributed by atoms with van der Waals surface area (Å²) in [5.41, 5.74) is 1.99. The van der Waals surface area contributed by atoms with Crippen LogP contribution < -0.4 is 5.32 Å². The molecule has 3 aromatic rings. The monoisotopic (exact) mass is 249 g/mol. The SMILES string of the molecule is CCNc1ccc(-c2ccc3ccccc3c2)nn1. The average Bonchev–Trinajstić information content (AvgIpc) is 2.48. The van der Waals surface area contributed by atoms with E-state index in [-0.39, 0.29) is 0 Å². The van der Waals surface area contributed by atoms with Crippen LogP contribution in [0.3, 0.4) is 0 Å². The standard InChI is InChI=1S/C16H15N3/c1-2-17-16-10-9-15(18-19-16)14-8-7-12-5-3-4-6-13(12)11-14/h3-11H,2H2,1H3,(H,17,19). The fourth-order valence-electron chi connectivity index (χ4n) is 2.11. The molecule has 1 heterocycles. The molecule has 0 saturated carbocycles. The molecule has 94 valence electrons. The minimum Gasteiger partial charge on any atom is -0.369 e. The summed E-state index contributed by atoms with van der Waals surface area (Å²) >= 11 is 0. The van der Waals surface area contributed by atoms with E-state index in [9.17, 15) is 0 Å². The molecule has 0 saturated heterocycles.